The average Bonchev–Trinajstić information content (AvgIpc) is 2.71. The molecular formula is C14H27N5. The minimum absolute atomic E-state index is 0.528. The zero-order valence-electron chi connectivity index (χ0n) is 12.7. The normalized spacial score (nSPS) is 20.4. The molecule has 1 fully saturated rings. The first-order valence-corrected chi connectivity index (χ1v) is 7.40. The molecule has 1 N–H and O–H groups in total. The molecule has 2 heterocycles. The highest BCUT2D eigenvalue weighted by molar-refractivity contribution is 4.93. The van der Waals surface area contributed by atoms with Crippen molar-refractivity contribution in [2.45, 2.75) is 58.7 Å². The molecule has 5 nitrogen and oxygen atoms in total. The largest absolute Gasteiger partial charge is 0.317 e. The van der Waals surface area contributed by atoms with Gasteiger partial charge in [0.15, 0.2) is 0 Å². The van der Waals surface area contributed by atoms with E-state index in [0.29, 0.717) is 12.1 Å². The Balaban J connectivity index is 1.97. The number of aryl methyl sites for hydroxylation is 1. The van der Waals surface area contributed by atoms with Crippen LogP contribution >= 0.6 is 0 Å². The number of piperidine rings is 1. The molecule has 0 aromatic carbocycles. The maximum absolute atomic E-state index is 4.28. The van der Waals surface area contributed by atoms with Gasteiger partial charge in [0, 0.05) is 25.7 Å². The fourth-order valence-electron chi connectivity index (χ4n) is 2.59. The number of hydrogen-bond acceptors (Lipinski definition) is 4. The third-order valence-electron chi connectivity index (χ3n) is 4.12. The monoisotopic (exact) mass is 265 g/mol. The van der Waals surface area contributed by atoms with Crippen molar-refractivity contribution in [3.8, 4) is 0 Å². The second-order valence-electron chi connectivity index (χ2n) is 5.89. The van der Waals surface area contributed by atoms with Gasteiger partial charge in [-0.05, 0) is 40.2 Å². The van der Waals surface area contributed by atoms with Gasteiger partial charge in [0.2, 0.25) is 0 Å². The predicted octanol–water partition coefficient (Wildman–Crippen LogP) is 1.48. The van der Waals surface area contributed by atoms with Crippen LogP contribution in [-0.4, -0.2) is 44.8 Å². The van der Waals surface area contributed by atoms with Crippen LogP contribution in [0, 0.1) is 6.92 Å². The zero-order valence-corrected chi connectivity index (χ0v) is 12.7. The van der Waals surface area contributed by atoms with Crippen LogP contribution in [0.1, 0.15) is 44.8 Å². The molecule has 1 aromatic heterocycles. The Morgan fingerprint density at radius 3 is 2.68 bits per heavy atom. The highest BCUT2D eigenvalue weighted by Crippen LogP contribution is 2.13. The Labute approximate surface area is 116 Å². The van der Waals surface area contributed by atoms with Crippen LogP contribution in [0.4, 0.5) is 0 Å². The van der Waals surface area contributed by atoms with Crippen LogP contribution in [-0.2, 0) is 13.6 Å². The van der Waals surface area contributed by atoms with Crippen LogP contribution in [0.3, 0.4) is 0 Å². The van der Waals surface area contributed by atoms with Gasteiger partial charge in [-0.3, -0.25) is 4.90 Å². The first kappa shape index (κ1) is 14.5. The summed E-state index contributed by atoms with van der Waals surface area (Å²) in [6, 6.07) is 1.16. The molecule has 0 radical (unpaired) electrons. The van der Waals surface area contributed by atoms with Crippen LogP contribution in [0.15, 0.2) is 0 Å². The summed E-state index contributed by atoms with van der Waals surface area (Å²) in [7, 11) is 2.04. The molecule has 2 rings (SSSR count). The number of aromatic nitrogens is 3. The van der Waals surface area contributed by atoms with E-state index in [1.54, 1.807) is 0 Å². The number of rotatable bonds is 5. The van der Waals surface area contributed by atoms with Crippen molar-refractivity contribution >= 4 is 0 Å². The van der Waals surface area contributed by atoms with Crippen molar-refractivity contribution in [3.05, 3.63) is 11.6 Å². The molecule has 0 aliphatic carbocycles. The van der Waals surface area contributed by atoms with Crippen molar-refractivity contribution in [1.29, 1.82) is 0 Å². The van der Waals surface area contributed by atoms with Crippen LogP contribution in [0.5, 0.6) is 0 Å². The lowest BCUT2D eigenvalue weighted by molar-refractivity contribution is 0.171. The molecule has 1 saturated heterocycles. The Hall–Kier alpha value is -0.940. The lowest BCUT2D eigenvalue weighted by Crippen LogP contribution is -2.45. The highest BCUT2D eigenvalue weighted by atomic mass is 15.3. The third kappa shape index (κ3) is 3.76. The first-order valence-electron chi connectivity index (χ1n) is 7.40. The van der Waals surface area contributed by atoms with E-state index >= 15 is 0 Å². The summed E-state index contributed by atoms with van der Waals surface area (Å²) in [6.07, 6.45) is 3.97. The quantitative estimate of drug-likeness (QED) is 0.876. The topological polar surface area (TPSA) is 46.0 Å². The van der Waals surface area contributed by atoms with Gasteiger partial charge in [-0.2, -0.15) is 0 Å². The molecule has 19 heavy (non-hydrogen) atoms. The SMILES string of the molecule is Cc1nnc(CN(CC2CCCCN2)C(C)C)n1C. The molecule has 1 atom stereocenters. The van der Waals surface area contributed by atoms with Gasteiger partial charge in [0.1, 0.15) is 11.6 Å². The smallest absolute Gasteiger partial charge is 0.146 e. The number of nitrogens with zero attached hydrogens (tertiary/aromatic N) is 4. The van der Waals surface area contributed by atoms with Crippen LogP contribution in [0.2, 0.25) is 0 Å². The number of nitrogens with one attached hydrogen (secondary N) is 1. The Morgan fingerprint density at radius 2 is 2.16 bits per heavy atom. The van der Waals surface area contributed by atoms with Gasteiger partial charge < -0.3 is 9.88 Å². The van der Waals surface area contributed by atoms with E-state index in [2.05, 4.69) is 38.8 Å². The number of hydrogen-bond donors (Lipinski definition) is 1. The maximum Gasteiger partial charge on any atom is 0.146 e. The van der Waals surface area contributed by atoms with Gasteiger partial charge in [-0.25, -0.2) is 0 Å². The molecule has 5 heteroatoms. The molecule has 1 aliphatic heterocycles. The lowest BCUT2D eigenvalue weighted by Gasteiger charge is -2.32. The van der Waals surface area contributed by atoms with E-state index in [1.165, 1.54) is 25.8 Å². The van der Waals surface area contributed by atoms with Crippen molar-refractivity contribution in [2.24, 2.45) is 7.05 Å². The van der Waals surface area contributed by atoms with E-state index < -0.39 is 0 Å². The summed E-state index contributed by atoms with van der Waals surface area (Å²) in [6.45, 7) is 9.66. The molecule has 1 aliphatic rings. The van der Waals surface area contributed by atoms with Crippen LogP contribution in [0.25, 0.3) is 0 Å². The average molecular weight is 265 g/mol. The summed E-state index contributed by atoms with van der Waals surface area (Å²) in [5.74, 6) is 2.04. The minimum atomic E-state index is 0.528. The second kappa shape index (κ2) is 6.48. The van der Waals surface area contributed by atoms with Gasteiger partial charge in [0.25, 0.3) is 0 Å². The van der Waals surface area contributed by atoms with Gasteiger partial charge in [0.05, 0.1) is 6.54 Å². The molecule has 0 bridgehead atoms. The molecule has 0 spiro atoms. The summed E-state index contributed by atoms with van der Waals surface area (Å²) < 4.78 is 2.09. The van der Waals surface area contributed by atoms with E-state index in [1.807, 2.05) is 14.0 Å². The van der Waals surface area contributed by atoms with Crippen molar-refractivity contribution in [2.75, 3.05) is 13.1 Å². The Morgan fingerprint density at radius 1 is 1.37 bits per heavy atom. The predicted molar refractivity (Wildman–Crippen MR) is 76.9 cm³/mol. The molecular weight excluding hydrogens is 238 g/mol. The van der Waals surface area contributed by atoms with Gasteiger partial charge in [-0.15, -0.1) is 10.2 Å². The summed E-state index contributed by atoms with van der Waals surface area (Å²) >= 11 is 0. The molecule has 1 aromatic rings. The second-order valence-corrected chi connectivity index (χ2v) is 5.89. The van der Waals surface area contributed by atoms with Crippen molar-refractivity contribution in [1.82, 2.24) is 25.0 Å². The molecule has 0 saturated carbocycles. The van der Waals surface area contributed by atoms with Crippen LogP contribution < -0.4 is 5.32 Å². The van der Waals surface area contributed by atoms with Crippen molar-refractivity contribution in [3.63, 3.8) is 0 Å². The van der Waals surface area contributed by atoms with E-state index in [4.69, 9.17) is 0 Å². The minimum Gasteiger partial charge on any atom is -0.317 e. The lowest BCUT2D eigenvalue weighted by atomic mass is 10.0. The summed E-state index contributed by atoms with van der Waals surface area (Å²) in [5, 5.41) is 12.1. The van der Waals surface area contributed by atoms with E-state index in [0.717, 1.165) is 24.7 Å². The third-order valence-corrected chi connectivity index (χ3v) is 4.12. The van der Waals surface area contributed by atoms with Gasteiger partial charge >= 0.3 is 0 Å². The first-order chi connectivity index (χ1) is 9.08. The zero-order chi connectivity index (χ0) is 13.8. The van der Waals surface area contributed by atoms with Gasteiger partial charge in [-0.1, -0.05) is 6.42 Å². The molecule has 1 unspecified atom stereocenters. The Bertz CT molecular complexity index is 393. The van der Waals surface area contributed by atoms with Crippen molar-refractivity contribution < 1.29 is 0 Å². The standard InChI is InChI=1S/C14H27N5/c1-11(2)19(9-13-7-5-6-8-15-13)10-14-17-16-12(3)18(14)4/h11,13,15H,5-10H2,1-4H3. The summed E-state index contributed by atoms with van der Waals surface area (Å²) in [5.41, 5.74) is 0. The van der Waals surface area contributed by atoms with E-state index in [9.17, 15) is 0 Å². The Kier molecular flexibility index (Phi) is 4.93. The maximum atomic E-state index is 4.28. The summed E-state index contributed by atoms with van der Waals surface area (Å²) in [4.78, 5) is 2.49. The highest BCUT2D eigenvalue weighted by Gasteiger charge is 2.20. The van der Waals surface area contributed by atoms with E-state index in [-0.39, 0.29) is 0 Å². The molecule has 0 amide bonds. The molecule has 108 valence electrons. The fourth-order valence-corrected chi connectivity index (χ4v) is 2.59. The fraction of sp³-hybridized carbons (Fsp3) is 0.857.